The van der Waals surface area contributed by atoms with Gasteiger partial charge in [-0.15, -0.1) is 22.7 Å². The Morgan fingerprint density at radius 2 is 1.58 bits per heavy atom. The van der Waals surface area contributed by atoms with Gasteiger partial charge in [-0.3, -0.25) is 4.79 Å². The predicted octanol–water partition coefficient (Wildman–Crippen LogP) is 4.72. The predicted molar refractivity (Wildman–Crippen MR) is 132 cm³/mol. The first kappa shape index (κ1) is 24.9. The second-order valence-electron chi connectivity index (χ2n) is 7.10. The Bertz CT molecular complexity index is 1240. The maximum absolute atomic E-state index is 11.7. The maximum Gasteiger partial charge on any atom is 0.339 e. The lowest BCUT2D eigenvalue weighted by Crippen LogP contribution is -2.07. The Hall–Kier alpha value is -2.78. The van der Waals surface area contributed by atoms with Gasteiger partial charge in [-0.2, -0.15) is 0 Å². The minimum atomic E-state index is -0.366. The summed E-state index contributed by atoms with van der Waals surface area (Å²) in [5.41, 5.74) is 3.55. The number of methoxy groups -OCH3 is 1. The number of esters is 2. The Morgan fingerprint density at radius 3 is 2.24 bits per heavy atom. The summed E-state index contributed by atoms with van der Waals surface area (Å²) in [4.78, 5) is 23.2. The molecule has 4 rings (SSSR count). The summed E-state index contributed by atoms with van der Waals surface area (Å²) < 4.78 is 11.7. The molecule has 0 aliphatic rings. The van der Waals surface area contributed by atoms with Crippen molar-refractivity contribution >= 4 is 54.8 Å². The number of ether oxygens (including phenoxy) is 2. The van der Waals surface area contributed by atoms with E-state index in [0.717, 1.165) is 31.3 Å². The van der Waals surface area contributed by atoms with Crippen molar-refractivity contribution in [3.05, 3.63) is 69.4 Å². The number of hydrogen-bond acceptors (Lipinski definition) is 8. The Labute approximate surface area is 200 Å². The third-order valence-electron chi connectivity index (χ3n) is 5.04. The lowest BCUT2D eigenvalue weighted by Gasteiger charge is -2.02. The Balaban J connectivity index is 0.000000194. The summed E-state index contributed by atoms with van der Waals surface area (Å²) in [6.45, 7) is 2.40. The fraction of sp³-hybridized carbons (Fsp3) is 0.280. The van der Waals surface area contributed by atoms with Crippen molar-refractivity contribution in [3.63, 3.8) is 0 Å². The van der Waals surface area contributed by atoms with Crippen molar-refractivity contribution < 1.29 is 29.3 Å². The molecule has 0 aliphatic carbocycles. The molecule has 0 fully saturated rings. The van der Waals surface area contributed by atoms with Gasteiger partial charge in [0.1, 0.15) is 0 Å². The first-order chi connectivity index (χ1) is 16.0. The van der Waals surface area contributed by atoms with Crippen LogP contribution in [0, 0.1) is 0 Å². The van der Waals surface area contributed by atoms with Gasteiger partial charge in [-0.25, -0.2) is 4.79 Å². The highest BCUT2D eigenvalue weighted by molar-refractivity contribution is 7.18. The van der Waals surface area contributed by atoms with Gasteiger partial charge in [-0.05, 0) is 57.6 Å². The molecule has 0 unspecified atom stereocenters. The molecule has 2 N–H and O–H groups in total. The summed E-state index contributed by atoms with van der Waals surface area (Å²) in [7, 11) is 1.36. The first-order valence-corrected chi connectivity index (χ1v) is 12.2. The summed E-state index contributed by atoms with van der Waals surface area (Å²) in [6, 6.07) is 11.3. The summed E-state index contributed by atoms with van der Waals surface area (Å²) in [5.74, 6) is -0.624. The van der Waals surface area contributed by atoms with Crippen molar-refractivity contribution in [2.75, 3.05) is 20.3 Å². The Morgan fingerprint density at radius 1 is 0.909 bits per heavy atom. The van der Waals surface area contributed by atoms with Gasteiger partial charge in [0.25, 0.3) is 0 Å². The van der Waals surface area contributed by atoms with Crippen molar-refractivity contribution in [1.82, 2.24) is 0 Å². The van der Waals surface area contributed by atoms with Gasteiger partial charge < -0.3 is 19.7 Å². The van der Waals surface area contributed by atoms with Crippen LogP contribution in [0.2, 0.25) is 0 Å². The lowest BCUT2D eigenvalue weighted by molar-refractivity contribution is -0.142. The molecular formula is C25H26O6S2. The van der Waals surface area contributed by atoms with Crippen LogP contribution in [0.3, 0.4) is 0 Å². The van der Waals surface area contributed by atoms with Crippen LogP contribution < -0.4 is 0 Å². The van der Waals surface area contributed by atoms with Crippen LogP contribution in [-0.4, -0.2) is 42.5 Å². The smallest absolute Gasteiger partial charge is 0.339 e. The van der Waals surface area contributed by atoms with Crippen LogP contribution in [0.5, 0.6) is 0 Å². The van der Waals surface area contributed by atoms with Crippen LogP contribution in [0.25, 0.3) is 20.2 Å². The van der Waals surface area contributed by atoms with Crippen molar-refractivity contribution in [3.8, 4) is 0 Å². The van der Waals surface area contributed by atoms with Gasteiger partial charge in [0.05, 0.1) is 32.3 Å². The van der Waals surface area contributed by atoms with Gasteiger partial charge in [-0.1, -0.05) is 30.3 Å². The topological polar surface area (TPSA) is 93.1 Å². The van der Waals surface area contributed by atoms with E-state index in [2.05, 4.69) is 5.38 Å². The first-order valence-electron chi connectivity index (χ1n) is 10.5. The zero-order valence-corrected chi connectivity index (χ0v) is 20.1. The molecule has 0 saturated heterocycles. The van der Waals surface area contributed by atoms with Gasteiger partial charge in [0.15, 0.2) is 0 Å². The molecule has 2 heterocycles. The number of thiophene rings is 2. The molecule has 0 spiro atoms. The molecule has 8 heteroatoms. The molecular weight excluding hydrogens is 460 g/mol. The van der Waals surface area contributed by atoms with E-state index in [4.69, 9.17) is 19.7 Å². The normalized spacial score (nSPS) is 10.7. The van der Waals surface area contributed by atoms with Crippen LogP contribution >= 0.6 is 22.7 Å². The highest BCUT2D eigenvalue weighted by Gasteiger charge is 2.15. The van der Waals surface area contributed by atoms with Gasteiger partial charge in [0, 0.05) is 16.0 Å². The van der Waals surface area contributed by atoms with Crippen molar-refractivity contribution in [1.29, 1.82) is 0 Å². The standard InChI is InChI=1S/C14H14O4S.C11H12O2S/c1-3-18-12(15)7-9-8-19-13-10(9)5-4-6-11(13)14(16)17-2;12-5-4-9-7-14-11-8(6-13)2-1-3-10(9)11/h4-6,8H,3,7H2,1-2H3;1-3,7,12-13H,4-6H2. The average molecular weight is 487 g/mol. The molecule has 0 atom stereocenters. The second-order valence-corrected chi connectivity index (χ2v) is 8.86. The number of carbonyl (C=O) groups excluding carboxylic acids is 2. The number of aliphatic hydroxyl groups is 2. The number of rotatable bonds is 7. The fourth-order valence-corrected chi connectivity index (χ4v) is 5.68. The molecule has 174 valence electrons. The molecule has 0 amide bonds. The lowest BCUT2D eigenvalue weighted by atomic mass is 10.1. The minimum Gasteiger partial charge on any atom is -0.466 e. The van der Waals surface area contributed by atoms with Crippen molar-refractivity contribution in [2.45, 2.75) is 26.4 Å². The van der Waals surface area contributed by atoms with E-state index in [1.54, 1.807) is 30.4 Å². The molecule has 2 aromatic carbocycles. The SMILES string of the molecule is CCOC(=O)Cc1csc2c(C(=O)OC)cccc12.OCCc1csc2c(CO)cccc12. The van der Waals surface area contributed by atoms with E-state index >= 15 is 0 Å². The van der Waals surface area contributed by atoms with E-state index in [1.807, 2.05) is 29.6 Å². The summed E-state index contributed by atoms with van der Waals surface area (Å²) in [5, 5.41) is 24.0. The van der Waals surface area contributed by atoms with Gasteiger partial charge >= 0.3 is 11.9 Å². The number of carbonyl (C=O) groups is 2. The average Bonchev–Trinajstić information content (AvgIpc) is 3.43. The maximum atomic E-state index is 11.7. The number of benzene rings is 2. The molecule has 0 bridgehead atoms. The third kappa shape index (κ3) is 5.78. The zero-order valence-electron chi connectivity index (χ0n) is 18.5. The monoisotopic (exact) mass is 486 g/mol. The van der Waals surface area contributed by atoms with Crippen LogP contribution in [0.1, 0.15) is 34.0 Å². The largest absolute Gasteiger partial charge is 0.466 e. The van der Waals surface area contributed by atoms with E-state index in [9.17, 15) is 9.59 Å². The third-order valence-corrected chi connectivity index (χ3v) is 7.24. The summed E-state index contributed by atoms with van der Waals surface area (Å²) in [6.07, 6.45) is 0.910. The molecule has 0 aliphatic heterocycles. The van der Waals surface area contributed by atoms with E-state index in [1.165, 1.54) is 24.0 Å². The van der Waals surface area contributed by atoms with E-state index in [-0.39, 0.29) is 31.6 Å². The van der Waals surface area contributed by atoms with E-state index in [0.29, 0.717) is 18.6 Å². The molecule has 2 aromatic heterocycles. The second kappa shape index (κ2) is 11.9. The number of hydrogen-bond donors (Lipinski definition) is 2. The molecule has 6 nitrogen and oxygen atoms in total. The molecule has 4 aromatic rings. The van der Waals surface area contributed by atoms with Gasteiger partial charge in [0.2, 0.25) is 0 Å². The zero-order chi connectivity index (χ0) is 23.8. The fourth-order valence-electron chi connectivity index (χ4n) is 3.49. The number of fused-ring (bicyclic) bond motifs is 2. The quantitative estimate of drug-likeness (QED) is 0.367. The Kier molecular flexibility index (Phi) is 8.96. The van der Waals surface area contributed by atoms with E-state index < -0.39 is 0 Å². The minimum absolute atomic E-state index is 0.0798. The summed E-state index contributed by atoms with van der Waals surface area (Å²) >= 11 is 3.07. The van der Waals surface area contributed by atoms with Crippen LogP contribution in [0.15, 0.2) is 47.2 Å². The van der Waals surface area contributed by atoms with Crippen LogP contribution in [-0.2, 0) is 33.7 Å². The van der Waals surface area contributed by atoms with Crippen LogP contribution in [0.4, 0.5) is 0 Å². The number of aliphatic hydroxyl groups excluding tert-OH is 2. The molecule has 33 heavy (non-hydrogen) atoms. The highest BCUT2D eigenvalue weighted by atomic mass is 32.1. The van der Waals surface area contributed by atoms with Crippen molar-refractivity contribution in [2.24, 2.45) is 0 Å². The highest BCUT2D eigenvalue weighted by Crippen LogP contribution is 2.30. The molecule has 0 radical (unpaired) electrons. The molecule has 0 saturated carbocycles.